The van der Waals surface area contributed by atoms with Crippen molar-refractivity contribution >= 4 is 23.9 Å². The van der Waals surface area contributed by atoms with Crippen LogP contribution < -0.4 is 16.0 Å². The van der Waals surface area contributed by atoms with E-state index in [1.165, 1.54) is 12.1 Å². The molecule has 0 radical (unpaired) electrons. The zero-order chi connectivity index (χ0) is 25.8. The van der Waals surface area contributed by atoms with E-state index < -0.39 is 42.5 Å². The van der Waals surface area contributed by atoms with E-state index in [2.05, 4.69) is 16.0 Å². The Bertz CT molecular complexity index is 994. The molecule has 0 fully saturated rings. The Morgan fingerprint density at radius 3 is 2.14 bits per heavy atom. The molecule has 0 aliphatic heterocycles. The smallest absolute Gasteiger partial charge is 0.407 e. The van der Waals surface area contributed by atoms with Crippen LogP contribution in [0.5, 0.6) is 5.75 Å². The molecule has 0 aliphatic rings. The number of amides is 3. The van der Waals surface area contributed by atoms with Gasteiger partial charge < -0.3 is 30.9 Å². The summed E-state index contributed by atoms with van der Waals surface area (Å²) in [5, 5.41) is 26.3. The molecule has 2 aromatic rings. The average molecular weight is 486 g/mol. The van der Waals surface area contributed by atoms with Crippen molar-refractivity contribution in [3.63, 3.8) is 0 Å². The quantitative estimate of drug-likeness (QED) is 0.308. The maximum Gasteiger partial charge on any atom is 0.407 e. The molecule has 10 nitrogen and oxygen atoms in total. The fourth-order valence-corrected chi connectivity index (χ4v) is 3.21. The molecule has 2 aromatic carbocycles. The molecule has 2 unspecified atom stereocenters. The minimum atomic E-state index is -1.23. The number of carbonyl (C=O) groups is 4. The summed E-state index contributed by atoms with van der Waals surface area (Å²) in [6.07, 6.45) is -0.520. The molecular formula is C25H31N3O7. The van der Waals surface area contributed by atoms with Crippen molar-refractivity contribution in [3.05, 3.63) is 65.7 Å². The first-order valence-electron chi connectivity index (χ1n) is 11.2. The maximum atomic E-state index is 12.8. The molecule has 0 aliphatic carbocycles. The number of hydrogen-bond donors (Lipinski definition) is 5. The van der Waals surface area contributed by atoms with E-state index in [1.807, 2.05) is 32.0 Å². The van der Waals surface area contributed by atoms with E-state index >= 15 is 0 Å². The first-order valence-corrected chi connectivity index (χ1v) is 11.2. The highest BCUT2D eigenvalue weighted by Gasteiger charge is 2.27. The largest absolute Gasteiger partial charge is 0.508 e. The molecule has 2 atom stereocenters. The summed E-state index contributed by atoms with van der Waals surface area (Å²) in [6.45, 7) is 3.35. The molecule has 5 N–H and O–H groups in total. The number of benzene rings is 2. The topological polar surface area (TPSA) is 154 Å². The molecule has 10 heteroatoms. The summed E-state index contributed by atoms with van der Waals surface area (Å²) in [6, 6.07) is 12.8. The molecule has 0 saturated heterocycles. The van der Waals surface area contributed by atoms with Gasteiger partial charge in [-0.1, -0.05) is 56.3 Å². The number of nitrogens with one attached hydrogen (secondary N) is 3. The van der Waals surface area contributed by atoms with E-state index in [1.54, 1.807) is 24.3 Å². The van der Waals surface area contributed by atoms with Crippen LogP contribution in [0.4, 0.5) is 4.79 Å². The van der Waals surface area contributed by atoms with Crippen molar-refractivity contribution in [1.29, 1.82) is 0 Å². The lowest BCUT2D eigenvalue weighted by molar-refractivity contribution is -0.142. The lowest BCUT2D eigenvalue weighted by Gasteiger charge is -2.23. The standard InChI is InChI=1S/C25H31N3O7/c1-16(2)12-20(23(31)28-21(24(32)33)13-17-8-10-19(29)11-9-17)27-22(30)14-26-25(34)35-15-18-6-4-3-5-7-18/h3-11,16,20-21,29H,12-15H2,1-2H3,(H,26,34)(H,27,30)(H,28,31)(H,32,33). The van der Waals surface area contributed by atoms with Crippen molar-refractivity contribution in [1.82, 2.24) is 16.0 Å². The molecule has 0 saturated carbocycles. The number of phenols is 1. The molecule has 0 spiro atoms. The molecule has 0 bridgehead atoms. The zero-order valence-electron chi connectivity index (χ0n) is 19.7. The maximum absolute atomic E-state index is 12.8. The monoisotopic (exact) mass is 485 g/mol. The zero-order valence-corrected chi connectivity index (χ0v) is 19.7. The third-order valence-corrected chi connectivity index (χ3v) is 4.96. The van der Waals surface area contributed by atoms with Crippen LogP contribution in [0.2, 0.25) is 0 Å². The number of carboxylic acid groups (broad SMARTS) is 1. The summed E-state index contributed by atoms with van der Waals surface area (Å²) in [5.74, 6) is -2.43. The van der Waals surface area contributed by atoms with Gasteiger partial charge >= 0.3 is 12.1 Å². The summed E-state index contributed by atoms with van der Waals surface area (Å²) in [5.41, 5.74) is 1.40. The minimum absolute atomic E-state index is 0.00148. The summed E-state index contributed by atoms with van der Waals surface area (Å²) in [7, 11) is 0. The Labute approximate surface area is 203 Å². The molecule has 35 heavy (non-hydrogen) atoms. The lowest BCUT2D eigenvalue weighted by atomic mass is 10.0. The second-order valence-corrected chi connectivity index (χ2v) is 8.43. The number of carbonyl (C=O) groups excluding carboxylic acids is 3. The van der Waals surface area contributed by atoms with Gasteiger partial charge in [0.1, 0.15) is 31.0 Å². The molecule has 0 aromatic heterocycles. The van der Waals surface area contributed by atoms with Crippen LogP contribution >= 0.6 is 0 Å². The van der Waals surface area contributed by atoms with Gasteiger partial charge in [0.2, 0.25) is 11.8 Å². The highest BCUT2D eigenvalue weighted by atomic mass is 16.5. The van der Waals surface area contributed by atoms with E-state index in [4.69, 9.17) is 4.74 Å². The first-order chi connectivity index (χ1) is 16.6. The van der Waals surface area contributed by atoms with Crippen LogP contribution in [0, 0.1) is 5.92 Å². The van der Waals surface area contributed by atoms with Crippen LogP contribution in [-0.4, -0.2) is 52.7 Å². The minimum Gasteiger partial charge on any atom is -0.508 e. The number of rotatable bonds is 12. The Morgan fingerprint density at radius 1 is 0.886 bits per heavy atom. The number of aromatic hydroxyl groups is 1. The van der Waals surface area contributed by atoms with Crippen molar-refractivity contribution in [2.75, 3.05) is 6.54 Å². The Hall–Kier alpha value is -4.08. The normalized spacial score (nSPS) is 12.3. The van der Waals surface area contributed by atoms with Gasteiger partial charge in [0, 0.05) is 6.42 Å². The van der Waals surface area contributed by atoms with E-state index in [-0.39, 0.29) is 31.1 Å². The SMILES string of the molecule is CC(C)CC(NC(=O)CNC(=O)OCc1ccccc1)C(=O)NC(Cc1ccc(O)cc1)C(=O)O. The summed E-state index contributed by atoms with van der Waals surface area (Å²) >= 11 is 0. The van der Waals surface area contributed by atoms with Gasteiger partial charge in [-0.15, -0.1) is 0 Å². The van der Waals surface area contributed by atoms with Crippen molar-refractivity contribution in [2.24, 2.45) is 5.92 Å². The highest BCUT2D eigenvalue weighted by Crippen LogP contribution is 2.12. The molecule has 3 amide bonds. The second-order valence-electron chi connectivity index (χ2n) is 8.43. The van der Waals surface area contributed by atoms with Crippen molar-refractivity contribution in [3.8, 4) is 5.75 Å². The third kappa shape index (κ3) is 10.2. The summed E-state index contributed by atoms with van der Waals surface area (Å²) in [4.78, 5) is 48.8. The second kappa shape index (κ2) is 13.6. The van der Waals surface area contributed by atoms with Gasteiger partial charge in [0.15, 0.2) is 0 Å². The molecule has 188 valence electrons. The van der Waals surface area contributed by atoms with Gasteiger partial charge in [0.05, 0.1) is 0 Å². The van der Waals surface area contributed by atoms with Crippen molar-refractivity contribution < 1.29 is 34.1 Å². The van der Waals surface area contributed by atoms with Crippen LogP contribution in [0.1, 0.15) is 31.4 Å². The Balaban J connectivity index is 1.90. The van der Waals surface area contributed by atoms with E-state index in [0.29, 0.717) is 5.56 Å². The van der Waals surface area contributed by atoms with E-state index in [9.17, 15) is 29.4 Å². The number of alkyl carbamates (subject to hydrolysis) is 1. The molecular weight excluding hydrogens is 454 g/mol. The first kappa shape index (κ1) is 27.2. The molecule has 0 heterocycles. The molecule has 2 rings (SSSR count). The van der Waals surface area contributed by atoms with Gasteiger partial charge in [-0.05, 0) is 35.6 Å². The number of ether oxygens (including phenoxy) is 1. The predicted octanol–water partition coefficient (Wildman–Crippen LogP) is 1.96. The van der Waals surface area contributed by atoms with Crippen LogP contribution in [0.3, 0.4) is 0 Å². The van der Waals surface area contributed by atoms with Gasteiger partial charge in [-0.25, -0.2) is 9.59 Å². The van der Waals surface area contributed by atoms with Crippen LogP contribution in [0.15, 0.2) is 54.6 Å². The van der Waals surface area contributed by atoms with Crippen molar-refractivity contribution in [2.45, 2.75) is 45.4 Å². The number of carboxylic acids is 1. The van der Waals surface area contributed by atoms with Crippen LogP contribution in [0.25, 0.3) is 0 Å². The van der Waals surface area contributed by atoms with Gasteiger partial charge in [-0.3, -0.25) is 9.59 Å². The average Bonchev–Trinajstić information content (AvgIpc) is 2.82. The van der Waals surface area contributed by atoms with Gasteiger partial charge in [0.25, 0.3) is 0 Å². The number of phenolic OH excluding ortho intramolecular Hbond substituents is 1. The number of aliphatic carboxylic acids is 1. The lowest BCUT2D eigenvalue weighted by Crippen LogP contribution is -2.54. The predicted molar refractivity (Wildman–Crippen MR) is 127 cm³/mol. The third-order valence-electron chi connectivity index (χ3n) is 4.96. The summed E-state index contributed by atoms with van der Waals surface area (Å²) < 4.78 is 5.05. The van der Waals surface area contributed by atoms with Crippen LogP contribution in [-0.2, 0) is 32.1 Å². The highest BCUT2D eigenvalue weighted by molar-refractivity contribution is 5.91. The fourth-order valence-electron chi connectivity index (χ4n) is 3.21. The van der Waals surface area contributed by atoms with Gasteiger partial charge in [-0.2, -0.15) is 0 Å². The Kier molecular flexibility index (Phi) is 10.5. The Morgan fingerprint density at radius 2 is 1.54 bits per heavy atom. The fraction of sp³-hybridized carbons (Fsp3) is 0.360. The number of hydrogen-bond acceptors (Lipinski definition) is 6. The van der Waals surface area contributed by atoms with E-state index in [0.717, 1.165) is 5.56 Å².